The Hall–Kier alpha value is -0.940. The standard InChI is InChI=1S/C6H9N3OS/c7-1-2-8-6-9-3-5(4-10)11-6/h3-4H,1-2,7H2,(H,8,9). The van der Waals surface area contributed by atoms with Gasteiger partial charge < -0.3 is 11.1 Å². The zero-order valence-electron chi connectivity index (χ0n) is 5.91. The van der Waals surface area contributed by atoms with Crippen LogP contribution in [0, 0.1) is 0 Å². The van der Waals surface area contributed by atoms with Gasteiger partial charge in [0.15, 0.2) is 11.4 Å². The fourth-order valence-corrected chi connectivity index (χ4v) is 1.26. The zero-order chi connectivity index (χ0) is 8.10. The molecule has 5 heteroatoms. The van der Waals surface area contributed by atoms with E-state index in [0.717, 1.165) is 11.4 Å². The van der Waals surface area contributed by atoms with Gasteiger partial charge in [0.05, 0.1) is 11.1 Å². The molecule has 0 bridgehead atoms. The molecule has 0 radical (unpaired) electrons. The molecule has 1 aromatic rings. The molecule has 0 saturated carbocycles. The van der Waals surface area contributed by atoms with Gasteiger partial charge in [-0.1, -0.05) is 11.3 Å². The normalized spacial score (nSPS) is 9.55. The molecule has 0 aromatic carbocycles. The molecule has 0 fully saturated rings. The van der Waals surface area contributed by atoms with Crippen molar-refractivity contribution in [2.45, 2.75) is 0 Å². The quantitative estimate of drug-likeness (QED) is 0.640. The molecule has 0 spiro atoms. The molecule has 0 atom stereocenters. The molecule has 0 aliphatic rings. The topological polar surface area (TPSA) is 68.0 Å². The van der Waals surface area contributed by atoms with Crippen molar-refractivity contribution in [2.75, 3.05) is 18.4 Å². The Labute approximate surface area is 68.4 Å². The second-order valence-corrected chi connectivity index (χ2v) is 2.96. The molecule has 4 nitrogen and oxygen atoms in total. The van der Waals surface area contributed by atoms with Crippen molar-refractivity contribution >= 4 is 22.8 Å². The Morgan fingerprint density at radius 3 is 3.18 bits per heavy atom. The third-order valence-electron chi connectivity index (χ3n) is 1.06. The van der Waals surface area contributed by atoms with E-state index < -0.39 is 0 Å². The summed E-state index contributed by atoms with van der Waals surface area (Å²) < 4.78 is 0. The summed E-state index contributed by atoms with van der Waals surface area (Å²) in [4.78, 5) is 14.8. The largest absolute Gasteiger partial charge is 0.360 e. The minimum Gasteiger partial charge on any atom is -0.360 e. The Bertz CT molecular complexity index is 235. The molecular formula is C6H9N3OS. The molecule has 0 aliphatic carbocycles. The van der Waals surface area contributed by atoms with Crippen LogP contribution in [0.3, 0.4) is 0 Å². The number of hydrogen-bond donors (Lipinski definition) is 2. The van der Waals surface area contributed by atoms with E-state index in [1.54, 1.807) is 0 Å². The minimum atomic E-state index is 0.565. The molecule has 0 aliphatic heterocycles. The molecule has 11 heavy (non-hydrogen) atoms. The molecule has 1 rings (SSSR count). The summed E-state index contributed by atoms with van der Waals surface area (Å²) in [7, 11) is 0. The van der Waals surface area contributed by atoms with E-state index in [1.807, 2.05) is 0 Å². The first kappa shape index (κ1) is 8.16. The Morgan fingerprint density at radius 2 is 2.64 bits per heavy atom. The van der Waals surface area contributed by atoms with Crippen LogP contribution in [0.1, 0.15) is 9.67 Å². The number of carbonyl (C=O) groups excluding carboxylic acids is 1. The smallest absolute Gasteiger partial charge is 0.183 e. The van der Waals surface area contributed by atoms with E-state index in [4.69, 9.17) is 5.73 Å². The summed E-state index contributed by atoms with van der Waals surface area (Å²) in [6.45, 7) is 1.25. The number of nitrogens with two attached hydrogens (primary N) is 1. The van der Waals surface area contributed by atoms with Crippen molar-refractivity contribution < 1.29 is 4.79 Å². The SMILES string of the molecule is NCCNc1ncc(C=O)s1. The Kier molecular flexibility index (Phi) is 3.00. The van der Waals surface area contributed by atoms with Gasteiger partial charge in [0, 0.05) is 13.1 Å². The van der Waals surface area contributed by atoms with Gasteiger partial charge in [0.1, 0.15) is 0 Å². The zero-order valence-corrected chi connectivity index (χ0v) is 6.73. The van der Waals surface area contributed by atoms with Gasteiger partial charge in [-0.25, -0.2) is 4.98 Å². The highest BCUT2D eigenvalue weighted by Crippen LogP contribution is 2.14. The number of aldehydes is 1. The van der Waals surface area contributed by atoms with E-state index >= 15 is 0 Å². The van der Waals surface area contributed by atoms with E-state index in [9.17, 15) is 4.79 Å². The predicted molar refractivity (Wildman–Crippen MR) is 45.0 cm³/mol. The van der Waals surface area contributed by atoms with Crippen molar-refractivity contribution in [2.24, 2.45) is 5.73 Å². The maximum absolute atomic E-state index is 10.2. The molecule has 60 valence electrons. The fourth-order valence-electron chi connectivity index (χ4n) is 0.602. The van der Waals surface area contributed by atoms with Crippen molar-refractivity contribution in [3.63, 3.8) is 0 Å². The number of hydrogen-bond acceptors (Lipinski definition) is 5. The summed E-state index contributed by atoms with van der Waals surface area (Å²) in [6, 6.07) is 0. The third kappa shape index (κ3) is 2.28. The second-order valence-electron chi connectivity index (χ2n) is 1.90. The molecule has 0 amide bonds. The van der Waals surface area contributed by atoms with Crippen LogP contribution >= 0.6 is 11.3 Å². The maximum Gasteiger partial charge on any atom is 0.183 e. The first-order valence-corrected chi connectivity index (χ1v) is 4.03. The molecule has 3 N–H and O–H groups in total. The van der Waals surface area contributed by atoms with Crippen LogP contribution < -0.4 is 11.1 Å². The van der Waals surface area contributed by atoms with Gasteiger partial charge in [-0.15, -0.1) is 0 Å². The lowest BCUT2D eigenvalue weighted by Gasteiger charge is -1.95. The Morgan fingerprint density at radius 1 is 1.82 bits per heavy atom. The molecular weight excluding hydrogens is 162 g/mol. The van der Waals surface area contributed by atoms with E-state index in [0.29, 0.717) is 18.0 Å². The van der Waals surface area contributed by atoms with Gasteiger partial charge in [0.2, 0.25) is 0 Å². The van der Waals surface area contributed by atoms with E-state index in [-0.39, 0.29) is 0 Å². The number of nitrogens with zero attached hydrogens (tertiary/aromatic N) is 1. The van der Waals surface area contributed by atoms with Crippen LogP contribution in [-0.4, -0.2) is 24.4 Å². The van der Waals surface area contributed by atoms with Crippen molar-refractivity contribution in [3.05, 3.63) is 11.1 Å². The highest BCUT2D eigenvalue weighted by atomic mass is 32.1. The van der Waals surface area contributed by atoms with Crippen molar-refractivity contribution in [1.29, 1.82) is 0 Å². The number of rotatable bonds is 4. The minimum absolute atomic E-state index is 0.565. The van der Waals surface area contributed by atoms with Crippen LogP contribution in [0.2, 0.25) is 0 Å². The number of thiazole rings is 1. The van der Waals surface area contributed by atoms with Crippen LogP contribution in [0.4, 0.5) is 5.13 Å². The van der Waals surface area contributed by atoms with Gasteiger partial charge in [-0.05, 0) is 0 Å². The Balaban J connectivity index is 2.51. The lowest BCUT2D eigenvalue weighted by atomic mass is 10.6. The third-order valence-corrected chi connectivity index (χ3v) is 1.94. The summed E-state index contributed by atoms with van der Waals surface area (Å²) in [5.74, 6) is 0. The predicted octanol–water partition coefficient (Wildman–Crippen LogP) is 0.326. The highest BCUT2D eigenvalue weighted by molar-refractivity contribution is 7.17. The number of anilines is 1. The van der Waals surface area contributed by atoms with Gasteiger partial charge >= 0.3 is 0 Å². The van der Waals surface area contributed by atoms with Crippen molar-refractivity contribution in [1.82, 2.24) is 4.98 Å². The number of nitrogens with one attached hydrogen (secondary N) is 1. The fraction of sp³-hybridized carbons (Fsp3) is 0.333. The lowest BCUT2D eigenvalue weighted by Crippen LogP contribution is -2.12. The van der Waals surface area contributed by atoms with Gasteiger partial charge in [-0.3, -0.25) is 4.79 Å². The van der Waals surface area contributed by atoms with Crippen LogP contribution in [0.5, 0.6) is 0 Å². The van der Waals surface area contributed by atoms with Crippen LogP contribution in [-0.2, 0) is 0 Å². The van der Waals surface area contributed by atoms with Crippen molar-refractivity contribution in [3.8, 4) is 0 Å². The van der Waals surface area contributed by atoms with E-state index in [2.05, 4.69) is 10.3 Å². The molecule has 0 unspecified atom stereocenters. The average molecular weight is 171 g/mol. The first-order chi connectivity index (χ1) is 5.36. The number of aromatic nitrogens is 1. The molecule has 0 saturated heterocycles. The van der Waals surface area contributed by atoms with Crippen LogP contribution in [0.15, 0.2) is 6.20 Å². The van der Waals surface area contributed by atoms with E-state index in [1.165, 1.54) is 17.5 Å². The number of carbonyl (C=O) groups is 1. The highest BCUT2D eigenvalue weighted by Gasteiger charge is 1.97. The summed E-state index contributed by atoms with van der Waals surface area (Å²) in [6.07, 6.45) is 2.32. The summed E-state index contributed by atoms with van der Waals surface area (Å²) in [5.41, 5.74) is 5.26. The van der Waals surface area contributed by atoms with Crippen LogP contribution in [0.25, 0.3) is 0 Å². The average Bonchev–Trinajstić information content (AvgIpc) is 2.48. The first-order valence-electron chi connectivity index (χ1n) is 3.21. The lowest BCUT2D eigenvalue weighted by molar-refractivity contribution is 0.112. The molecule has 1 aromatic heterocycles. The van der Waals surface area contributed by atoms with Gasteiger partial charge in [0.25, 0.3) is 0 Å². The summed E-state index contributed by atoms with van der Waals surface area (Å²) >= 11 is 1.33. The van der Waals surface area contributed by atoms with Gasteiger partial charge in [-0.2, -0.15) is 0 Å². The maximum atomic E-state index is 10.2. The second kappa shape index (κ2) is 4.05. The monoisotopic (exact) mass is 171 g/mol. The summed E-state index contributed by atoms with van der Waals surface area (Å²) in [5, 5.41) is 3.72. The molecule has 1 heterocycles.